The van der Waals surface area contributed by atoms with Crippen LogP contribution >= 0.6 is 11.8 Å². The van der Waals surface area contributed by atoms with Crippen LogP contribution in [0.3, 0.4) is 0 Å². The van der Waals surface area contributed by atoms with E-state index < -0.39 is 12.7 Å². The van der Waals surface area contributed by atoms with Crippen LogP contribution in [0.2, 0.25) is 0 Å². The Labute approximate surface area is 138 Å². The number of amides is 2. The van der Waals surface area contributed by atoms with Gasteiger partial charge < -0.3 is 15.4 Å². The van der Waals surface area contributed by atoms with Gasteiger partial charge in [0.05, 0.1) is 0 Å². The molecule has 5 nitrogen and oxygen atoms in total. The topological polar surface area (TPSA) is 67.4 Å². The highest BCUT2D eigenvalue weighted by atomic mass is 32.2. The molecular weight excluding hydrogens is 326 g/mol. The molecule has 128 valence electrons. The normalized spacial score (nSPS) is 11.9. The van der Waals surface area contributed by atoms with Crippen molar-refractivity contribution in [2.24, 2.45) is 0 Å². The molecule has 0 saturated heterocycles. The quantitative estimate of drug-likeness (QED) is 0.721. The number of hydrogen-bond acceptors (Lipinski definition) is 4. The second kappa shape index (κ2) is 10.0. The molecule has 1 atom stereocenters. The zero-order valence-corrected chi connectivity index (χ0v) is 13.8. The molecule has 1 aromatic carbocycles. The molecule has 1 rings (SSSR count). The number of thioether (sulfide) groups is 1. The number of anilines is 1. The Bertz CT molecular complexity index is 512. The smallest absolute Gasteiger partial charge is 0.387 e. The maximum Gasteiger partial charge on any atom is 0.387 e. The SMILES string of the molecule is CCC(=O)NC(CCSC)C(=O)Nc1ccc(OC(F)F)cc1. The maximum absolute atomic E-state index is 12.2. The molecule has 0 bridgehead atoms. The Morgan fingerprint density at radius 2 is 1.91 bits per heavy atom. The Hall–Kier alpha value is -1.83. The highest BCUT2D eigenvalue weighted by Crippen LogP contribution is 2.18. The van der Waals surface area contributed by atoms with E-state index in [2.05, 4.69) is 15.4 Å². The summed E-state index contributed by atoms with van der Waals surface area (Å²) >= 11 is 1.58. The summed E-state index contributed by atoms with van der Waals surface area (Å²) < 4.78 is 28.4. The predicted molar refractivity (Wildman–Crippen MR) is 86.9 cm³/mol. The third-order valence-corrected chi connectivity index (χ3v) is 3.57. The Balaban J connectivity index is 2.67. The van der Waals surface area contributed by atoms with Crippen molar-refractivity contribution >= 4 is 29.3 Å². The number of alkyl halides is 2. The third-order valence-electron chi connectivity index (χ3n) is 2.93. The third kappa shape index (κ3) is 7.32. The average molecular weight is 346 g/mol. The molecule has 23 heavy (non-hydrogen) atoms. The number of ether oxygens (including phenoxy) is 1. The van der Waals surface area contributed by atoms with Crippen molar-refractivity contribution in [2.45, 2.75) is 32.4 Å². The van der Waals surface area contributed by atoms with Gasteiger partial charge in [-0.2, -0.15) is 20.5 Å². The predicted octanol–water partition coefficient (Wildman–Crippen LogP) is 2.87. The van der Waals surface area contributed by atoms with Gasteiger partial charge in [-0.1, -0.05) is 6.92 Å². The highest BCUT2D eigenvalue weighted by molar-refractivity contribution is 7.98. The first-order valence-electron chi connectivity index (χ1n) is 7.10. The minimum atomic E-state index is -2.89. The van der Waals surface area contributed by atoms with E-state index in [1.807, 2.05) is 6.26 Å². The molecule has 0 aliphatic carbocycles. The first kappa shape index (κ1) is 19.2. The molecule has 2 amide bonds. The fraction of sp³-hybridized carbons (Fsp3) is 0.467. The second-order valence-electron chi connectivity index (χ2n) is 4.65. The molecule has 1 aromatic rings. The number of carbonyl (C=O) groups excluding carboxylic acids is 2. The van der Waals surface area contributed by atoms with Crippen LogP contribution in [-0.2, 0) is 9.59 Å². The molecule has 0 aliphatic rings. The van der Waals surface area contributed by atoms with Crippen LogP contribution in [-0.4, -0.2) is 36.5 Å². The van der Waals surface area contributed by atoms with E-state index >= 15 is 0 Å². The molecule has 0 aliphatic heterocycles. The van der Waals surface area contributed by atoms with Crippen molar-refractivity contribution in [3.8, 4) is 5.75 Å². The summed E-state index contributed by atoms with van der Waals surface area (Å²) in [7, 11) is 0. The van der Waals surface area contributed by atoms with Gasteiger partial charge >= 0.3 is 6.61 Å². The molecule has 0 heterocycles. The minimum absolute atomic E-state index is 0.0104. The molecule has 1 unspecified atom stereocenters. The Morgan fingerprint density at radius 1 is 1.26 bits per heavy atom. The van der Waals surface area contributed by atoms with Crippen LogP contribution in [0.5, 0.6) is 5.75 Å². The first-order chi connectivity index (χ1) is 11.0. The zero-order chi connectivity index (χ0) is 17.2. The number of nitrogens with one attached hydrogen (secondary N) is 2. The van der Waals surface area contributed by atoms with Crippen LogP contribution < -0.4 is 15.4 Å². The summed E-state index contributed by atoms with van der Waals surface area (Å²) in [5.74, 6) is 0.190. The largest absolute Gasteiger partial charge is 0.435 e. The van der Waals surface area contributed by atoms with Gasteiger partial charge in [0.25, 0.3) is 0 Å². The van der Waals surface area contributed by atoms with E-state index in [0.717, 1.165) is 5.75 Å². The Morgan fingerprint density at radius 3 is 2.43 bits per heavy atom. The maximum atomic E-state index is 12.2. The van der Waals surface area contributed by atoms with Gasteiger partial charge in [-0.3, -0.25) is 9.59 Å². The van der Waals surface area contributed by atoms with Crippen molar-refractivity contribution in [1.82, 2.24) is 5.32 Å². The monoisotopic (exact) mass is 346 g/mol. The minimum Gasteiger partial charge on any atom is -0.435 e. The molecule has 0 saturated carbocycles. The summed E-state index contributed by atoms with van der Waals surface area (Å²) in [5.41, 5.74) is 0.441. The Kier molecular flexibility index (Phi) is 8.39. The van der Waals surface area contributed by atoms with Crippen LogP contribution in [0.1, 0.15) is 19.8 Å². The van der Waals surface area contributed by atoms with Crippen molar-refractivity contribution < 1.29 is 23.1 Å². The van der Waals surface area contributed by atoms with Crippen molar-refractivity contribution in [3.05, 3.63) is 24.3 Å². The lowest BCUT2D eigenvalue weighted by atomic mass is 10.2. The van der Waals surface area contributed by atoms with Crippen LogP contribution in [0.4, 0.5) is 14.5 Å². The standard InChI is InChI=1S/C15H20F2N2O3S/c1-3-13(20)19-12(8-9-23-2)14(21)18-10-4-6-11(7-5-10)22-15(16)17/h4-7,12,15H,3,8-9H2,1-2H3,(H,18,21)(H,19,20). The second-order valence-corrected chi connectivity index (χ2v) is 5.63. The summed E-state index contributed by atoms with van der Waals surface area (Å²) in [6, 6.07) is 4.96. The lowest BCUT2D eigenvalue weighted by Gasteiger charge is -2.18. The highest BCUT2D eigenvalue weighted by Gasteiger charge is 2.19. The number of benzene rings is 1. The van der Waals surface area contributed by atoms with Crippen LogP contribution in [0, 0.1) is 0 Å². The van der Waals surface area contributed by atoms with Gasteiger partial charge in [0.2, 0.25) is 11.8 Å². The molecule has 0 aromatic heterocycles. The van der Waals surface area contributed by atoms with Crippen molar-refractivity contribution in [2.75, 3.05) is 17.3 Å². The molecule has 0 spiro atoms. The van der Waals surface area contributed by atoms with E-state index in [4.69, 9.17) is 0 Å². The summed E-state index contributed by atoms with van der Waals surface area (Å²) in [5, 5.41) is 5.33. The van der Waals surface area contributed by atoms with Gasteiger partial charge in [0.15, 0.2) is 0 Å². The summed E-state index contributed by atoms with van der Waals surface area (Å²) in [4.78, 5) is 23.8. The molecule has 2 N–H and O–H groups in total. The summed E-state index contributed by atoms with van der Waals surface area (Å²) in [6.07, 6.45) is 2.71. The van der Waals surface area contributed by atoms with Gasteiger partial charge in [-0.05, 0) is 42.7 Å². The van der Waals surface area contributed by atoms with E-state index in [0.29, 0.717) is 18.5 Å². The van der Waals surface area contributed by atoms with E-state index in [-0.39, 0.29) is 17.6 Å². The molecule has 8 heteroatoms. The van der Waals surface area contributed by atoms with Gasteiger partial charge in [0, 0.05) is 12.1 Å². The lowest BCUT2D eigenvalue weighted by molar-refractivity contribution is -0.126. The number of halogens is 2. The molecule has 0 fully saturated rings. The van der Waals surface area contributed by atoms with Gasteiger partial charge in [-0.15, -0.1) is 0 Å². The zero-order valence-electron chi connectivity index (χ0n) is 13.0. The average Bonchev–Trinajstić information content (AvgIpc) is 2.52. The van der Waals surface area contributed by atoms with E-state index in [1.165, 1.54) is 24.3 Å². The molecular formula is C15H20F2N2O3S. The fourth-order valence-corrected chi connectivity index (χ4v) is 2.22. The number of carbonyl (C=O) groups is 2. The van der Waals surface area contributed by atoms with Gasteiger partial charge in [0.1, 0.15) is 11.8 Å². The molecule has 0 radical (unpaired) electrons. The lowest BCUT2D eigenvalue weighted by Crippen LogP contribution is -2.43. The van der Waals surface area contributed by atoms with Crippen LogP contribution in [0.25, 0.3) is 0 Å². The number of rotatable bonds is 9. The van der Waals surface area contributed by atoms with E-state index in [1.54, 1.807) is 18.7 Å². The summed E-state index contributed by atoms with van der Waals surface area (Å²) in [6.45, 7) is -1.18. The first-order valence-corrected chi connectivity index (χ1v) is 8.49. The van der Waals surface area contributed by atoms with Gasteiger partial charge in [-0.25, -0.2) is 0 Å². The van der Waals surface area contributed by atoms with Crippen LogP contribution in [0.15, 0.2) is 24.3 Å². The van der Waals surface area contributed by atoms with Crippen molar-refractivity contribution in [3.63, 3.8) is 0 Å². The number of hydrogen-bond donors (Lipinski definition) is 2. The van der Waals surface area contributed by atoms with Crippen molar-refractivity contribution in [1.29, 1.82) is 0 Å². The van der Waals surface area contributed by atoms with E-state index in [9.17, 15) is 18.4 Å². The fourth-order valence-electron chi connectivity index (χ4n) is 1.75.